The van der Waals surface area contributed by atoms with Crippen LogP contribution in [0.5, 0.6) is 0 Å². The minimum atomic E-state index is 0.876. The molecular weight excluding hydrogens is 416 g/mol. The van der Waals surface area contributed by atoms with Crippen molar-refractivity contribution in [2.24, 2.45) is 0 Å². The van der Waals surface area contributed by atoms with Crippen LogP contribution in [0.3, 0.4) is 0 Å². The van der Waals surface area contributed by atoms with Gasteiger partial charge >= 0.3 is 0 Å². The van der Waals surface area contributed by atoms with Gasteiger partial charge < -0.3 is 9.80 Å². The molecule has 0 radical (unpaired) electrons. The van der Waals surface area contributed by atoms with Crippen molar-refractivity contribution in [3.05, 3.63) is 127 Å². The number of imidazole rings is 1. The molecule has 0 aliphatic carbocycles. The van der Waals surface area contributed by atoms with E-state index < -0.39 is 0 Å². The van der Waals surface area contributed by atoms with Crippen LogP contribution in [0.4, 0.5) is 5.69 Å². The van der Waals surface area contributed by atoms with Crippen LogP contribution in [-0.4, -0.2) is 28.2 Å². The van der Waals surface area contributed by atoms with Crippen LogP contribution in [0, 0.1) is 0 Å². The summed E-state index contributed by atoms with van der Waals surface area (Å²) in [6.45, 7) is 0.884. The van der Waals surface area contributed by atoms with Gasteiger partial charge in [0.15, 0.2) is 0 Å². The van der Waals surface area contributed by atoms with Gasteiger partial charge in [0.1, 0.15) is 5.82 Å². The lowest BCUT2D eigenvalue weighted by molar-refractivity contribution is 0.495. The zero-order valence-corrected chi connectivity index (χ0v) is 19.2. The molecule has 4 heteroatoms. The van der Waals surface area contributed by atoms with Gasteiger partial charge in [-0.1, -0.05) is 60.7 Å². The first-order chi connectivity index (χ1) is 16.7. The summed E-state index contributed by atoms with van der Waals surface area (Å²) in [5, 5.41) is 0. The molecule has 0 N–H and O–H groups in total. The van der Waals surface area contributed by atoms with Gasteiger partial charge in [0, 0.05) is 36.4 Å². The van der Waals surface area contributed by atoms with Crippen LogP contribution in [0.15, 0.2) is 116 Å². The third-order valence-corrected chi connectivity index (χ3v) is 6.29. The van der Waals surface area contributed by atoms with Crippen molar-refractivity contribution >= 4 is 16.7 Å². The van der Waals surface area contributed by atoms with Gasteiger partial charge in [-0.05, 0) is 60.0 Å². The topological polar surface area (TPSA) is 24.3 Å². The zero-order chi connectivity index (χ0) is 22.9. The Morgan fingerprint density at radius 3 is 2.26 bits per heavy atom. The predicted molar refractivity (Wildman–Crippen MR) is 140 cm³/mol. The zero-order valence-electron chi connectivity index (χ0n) is 19.2. The van der Waals surface area contributed by atoms with E-state index >= 15 is 0 Å². The molecule has 0 atom stereocenters. The number of para-hydroxylation sites is 3. The summed E-state index contributed by atoms with van der Waals surface area (Å²) in [7, 11) is 2.09. The van der Waals surface area contributed by atoms with Crippen molar-refractivity contribution in [2.45, 2.75) is 6.42 Å². The predicted octanol–water partition coefficient (Wildman–Crippen LogP) is 6.46. The number of hydrogen-bond acceptors (Lipinski definition) is 3. The number of benzene rings is 4. The second kappa shape index (κ2) is 8.56. The van der Waals surface area contributed by atoms with Gasteiger partial charge in [-0.2, -0.15) is 0 Å². The smallest absolute Gasteiger partial charge is 0.145 e. The van der Waals surface area contributed by atoms with Crippen molar-refractivity contribution in [3.63, 3.8) is 0 Å². The second-order valence-corrected chi connectivity index (χ2v) is 8.81. The molecule has 0 saturated carbocycles. The fraction of sp³-hybridized carbons (Fsp3) is 0.100. The summed E-state index contributed by atoms with van der Waals surface area (Å²) >= 11 is 0. The van der Waals surface area contributed by atoms with Gasteiger partial charge in [0.05, 0.1) is 17.7 Å². The molecule has 34 heavy (non-hydrogen) atoms. The average molecular weight is 443 g/mol. The molecule has 0 bridgehead atoms. The number of aromatic nitrogens is 2. The first-order valence-corrected chi connectivity index (χ1v) is 11.6. The van der Waals surface area contributed by atoms with E-state index in [2.05, 4.69) is 125 Å². The lowest BCUT2D eigenvalue weighted by atomic mass is 10.0. The summed E-state index contributed by atoms with van der Waals surface area (Å²) in [5.41, 5.74) is 8.16. The molecular formula is C30H26N4. The van der Waals surface area contributed by atoms with Gasteiger partial charge in [-0.3, -0.25) is 4.57 Å². The highest BCUT2D eigenvalue weighted by molar-refractivity contribution is 5.83. The SMILES string of the molecule is CN1C=CN(c2cccc(Cc3cccc(-c4nc5ccccc5n4-c4ccccc4)c3)c2)C1. The Morgan fingerprint density at radius 2 is 1.44 bits per heavy atom. The van der Waals surface area contributed by atoms with E-state index in [1.807, 2.05) is 12.1 Å². The van der Waals surface area contributed by atoms with Crippen LogP contribution in [-0.2, 0) is 6.42 Å². The first-order valence-electron chi connectivity index (χ1n) is 11.6. The Kier molecular flexibility index (Phi) is 5.11. The van der Waals surface area contributed by atoms with E-state index in [1.54, 1.807) is 0 Å². The van der Waals surface area contributed by atoms with Crippen molar-refractivity contribution < 1.29 is 0 Å². The molecule has 0 amide bonds. The Hall–Kier alpha value is -4.31. The Morgan fingerprint density at radius 1 is 0.706 bits per heavy atom. The van der Waals surface area contributed by atoms with E-state index in [-0.39, 0.29) is 0 Å². The van der Waals surface area contributed by atoms with Crippen molar-refractivity contribution in [2.75, 3.05) is 18.6 Å². The van der Waals surface area contributed by atoms with Crippen LogP contribution < -0.4 is 4.90 Å². The molecule has 166 valence electrons. The molecule has 4 nitrogen and oxygen atoms in total. The first kappa shape index (κ1) is 20.3. The number of anilines is 1. The minimum absolute atomic E-state index is 0.876. The van der Waals surface area contributed by atoms with E-state index in [0.29, 0.717) is 0 Å². The molecule has 5 aromatic rings. The Labute approximate surface area is 200 Å². The largest absolute Gasteiger partial charge is 0.361 e. The second-order valence-electron chi connectivity index (χ2n) is 8.81. The number of rotatable bonds is 5. The summed E-state index contributed by atoms with van der Waals surface area (Å²) in [4.78, 5) is 9.47. The summed E-state index contributed by atoms with van der Waals surface area (Å²) in [5.74, 6) is 0.966. The fourth-order valence-corrected chi connectivity index (χ4v) is 4.66. The van der Waals surface area contributed by atoms with E-state index in [9.17, 15) is 0 Å². The summed E-state index contributed by atoms with van der Waals surface area (Å²) < 4.78 is 2.26. The van der Waals surface area contributed by atoms with Gasteiger partial charge in [-0.25, -0.2) is 4.98 Å². The third kappa shape index (κ3) is 3.84. The Bertz CT molecular complexity index is 1480. The molecule has 0 spiro atoms. The Balaban J connectivity index is 1.36. The lowest BCUT2D eigenvalue weighted by Gasteiger charge is -2.19. The normalized spacial score (nSPS) is 13.2. The number of nitrogens with zero attached hydrogens (tertiary/aromatic N) is 4. The van der Waals surface area contributed by atoms with Gasteiger partial charge in [0.2, 0.25) is 0 Å². The maximum atomic E-state index is 5.02. The maximum absolute atomic E-state index is 5.02. The van der Waals surface area contributed by atoms with Crippen LogP contribution in [0.2, 0.25) is 0 Å². The van der Waals surface area contributed by atoms with Gasteiger partial charge in [0.25, 0.3) is 0 Å². The van der Waals surface area contributed by atoms with Gasteiger partial charge in [-0.15, -0.1) is 0 Å². The lowest BCUT2D eigenvalue weighted by Crippen LogP contribution is -2.21. The minimum Gasteiger partial charge on any atom is -0.361 e. The van der Waals surface area contributed by atoms with Crippen LogP contribution >= 0.6 is 0 Å². The molecule has 6 rings (SSSR count). The average Bonchev–Trinajstić information content (AvgIpc) is 3.49. The van der Waals surface area contributed by atoms with Crippen LogP contribution in [0.25, 0.3) is 28.1 Å². The van der Waals surface area contributed by atoms with E-state index in [1.165, 1.54) is 16.8 Å². The molecule has 1 aliphatic rings. The van der Waals surface area contributed by atoms with Crippen molar-refractivity contribution in [1.82, 2.24) is 14.5 Å². The summed E-state index contributed by atoms with van der Waals surface area (Å²) in [6.07, 6.45) is 5.11. The van der Waals surface area contributed by atoms with E-state index in [4.69, 9.17) is 4.98 Å². The molecule has 0 unspecified atom stereocenters. The highest BCUT2D eigenvalue weighted by Crippen LogP contribution is 2.30. The van der Waals surface area contributed by atoms with E-state index in [0.717, 1.165) is 41.2 Å². The van der Waals surface area contributed by atoms with Crippen molar-refractivity contribution in [1.29, 1.82) is 0 Å². The fourth-order valence-electron chi connectivity index (χ4n) is 4.66. The van der Waals surface area contributed by atoms with Crippen LogP contribution in [0.1, 0.15) is 11.1 Å². The summed E-state index contributed by atoms with van der Waals surface area (Å²) in [6, 6.07) is 36.4. The molecule has 1 aromatic heterocycles. The standard InChI is InChI=1S/C30H26N4/c1-32-17-18-33(22-32)27-14-8-10-24(21-27)19-23-9-7-11-25(20-23)30-31-28-15-5-6-16-29(28)34(30)26-12-3-2-4-13-26/h2-18,20-21H,19,22H2,1H3. The quantitative estimate of drug-likeness (QED) is 0.312. The molecule has 4 aromatic carbocycles. The molecule has 2 heterocycles. The molecule has 0 fully saturated rings. The molecule has 1 aliphatic heterocycles. The maximum Gasteiger partial charge on any atom is 0.145 e. The number of fused-ring (bicyclic) bond motifs is 1. The monoisotopic (exact) mass is 442 g/mol. The van der Waals surface area contributed by atoms with Crippen molar-refractivity contribution in [3.8, 4) is 17.1 Å². The highest BCUT2D eigenvalue weighted by atomic mass is 15.3. The molecule has 0 saturated heterocycles. The third-order valence-electron chi connectivity index (χ3n) is 6.29. The highest BCUT2D eigenvalue weighted by Gasteiger charge is 2.15. The number of hydrogen-bond donors (Lipinski definition) is 0.